The third-order valence-electron chi connectivity index (χ3n) is 7.84. The Balaban J connectivity index is 1.28. The lowest BCUT2D eigenvalue weighted by atomic mass is 10.1. The summed E-state index contributed by atoms with van der Waals surface area (Å²) < 4.78 is 41.3. The van der Waals surface area contributed by atoms with Crippen LogP contribution in [0.2, 0.25) is 0 Å². The lowest BCUT2D eigenvalue weighted by Gasteiger charge is -2.35. The summed E-state index contributed by atoms with van der Waals surface area (Å²) >= 11 is 3.46. The van der Waals surface area contributed by atoms with Crippen molar-refractivity contribution in [1.29, 1.82) is 0 Å². The van der Waals surface area contributed by atoms with Crippen LogP contribution in [0.5, 0.6) is 5.75 Å². The second-order valence-electron chi connectivity index (χ2n) is 11.2. The van der Waals surface area contributed by atoms with Crippen molar-refractivity contribution < 1.29 is 17.9 Å². The first-order chi connectivity index (χ1) is 21.9. The van der Waals surface area contributed by atoms with E-state index in [1.807, 2.05) is 54.6 Å². The molecule has 9 nitrogen and oxygen atoms in total. The number of benzene rings is 3. The van der Waals surface area contributed by atoms with Crippen molar-refractivity contribution in [3.63, 3.8) is 0 Å². The van der Waals surface area contributed by atoms with Gasteiger partial charge in [0, 0.05) is 43.5 Å². The summed E-state index contributed by atoms with van der Waals surface area (Å²) in [4.78, 5) is 8.98. The second kappa shape index (κ2) is 14.1. The van der Waals surface area contributed by atoms with Gasteiger partial charge in [-0.05, 0) is 52.3 Å². The normalized spacial score (nSPS) is 14.2. The van der Waals surface area contributed by atoms with Crippen LogP contribution < -0.4 is 9.64 Å². The van der Waals surface area contributed by atoms with E-state index in [-0.39, 0.29) is 5.75 Å². The summed E-state index contributed by atoms with van der Waals surface area (Å²) in [5.41, 5.74) is 4.58. The van der Waals surface area contributed by atoms with Crippen molar-refractivity contribution in [2.24, 2.45) is 0 Å². The smallest absolute Gasteiger partial charge is 0.258 e. The van der Waals surface area contributed by atoms with Gasteiger partial charge in [-0.3, -0.25) is 0 Å². The SMILES string of the molecule is CN1CCN(c2ccc(-c3nn(S(=O)(=O)Cc4ccccc4)c4cnc(Br)cc34)cc2OCCCOCc2ccccc2)CC1. The van der Waals surface area contributed by atoms with Gasteiger partial charge in [0.2, 0.25) is 0 Å². The largest absolute Gasteiger partial charge is 0.491 e. The van der Waals surface area contributed by atoms with E-state index in [4.69, 9.17) is 9.47 Å². The van der Waals surface area contributed by atoms with Crippen LogP contribution in [0.3, 0.4) is 0 Å². The number of hydrogen-bond donors (Lipinski definition) is 0. The summed E-state index contributed by atoms with van der Waals surface area (Å²) in [6.07, 6.45) is 2.27. The zero-order valence-corrected chi connectivity index (χ0v) is 27.6. The molecule has 2 aromatic heterocycles. The van der Waals surface area contributed by atoms with Crippen molar-refractivity contribution in [2.45, 2.75) is 18.8 Å². The van der Waals surface area contributed by atoms with Gasteiger partial charge in [0.25, 0.3) is 10.0 Å². The van der Waals surface area contributed by atoms with Crippen molar-refractivity contribution in [2.75, 3.05) is 51.3 Å². The minimum atomic E-state index is -3.83. The molecule has 3 heterocycles. The Morgan fingerprint density at radius 1 is 0.867 bits per heavy atom. The van der Waals surface area contributed by atoms with E-state index in [2.05, 4.69) is 61.1 Å². The van der Waals surface area contributed by atoms with Crippen LogP contribution in [-0.2, 0) is 27.1 Å². The summed E-state index contributed by atoms with van der Waals surface area (Å²) in [5, 5.41) is 5.36. The number of fused-ring (bicyclic) bond motifs is 1. The molecule has 0 bridgehead atoms. The highest BCUT2D eigenvalue weighted by Crippen LogP contribution is 2.37. The van der Waals surface area contributed by atoms with Crippen molar-refractivity contribution >= 4 is 42.5 Å². The minimum Gasteiger partial charge on any atom is -0.491 e. The molecule has 0 amide bonds. The molecular formula is C34H36BrN5O4S. The molecule has 0 saturated carbocycles. The average Bonchev–Trinajstić information content (AvgIpc) is 3.43. The Morgan fingerprint density at radius 3 is 2.31 bits per heavy atom. The van der Waals surface area contributed by atoms with Crippen LogP contribution in [0.4, 0.5) is 5.69 Å². The molecule has 3 aromatic carbocycles. The fourth-order valence-corrected chi connectivity index (χ4v) is 7.15. The van der Waals surface area contributed by atoms with Crippen LogP contribution in [0.1, 0.15) is 17.5 Å². The summed E-state index contributed by atoms with van der Waals surface area (Å²) in [7, 11) is -1.70. The Morgan fingerprint density at radius 2 is 1.58 bits per heavy atom. The van der Waals surface area contributed by atoms with Crippen LogP contribution in [0.25, 0.3) is 22.2 Å². The van der Waals surface area contributed by atoms with Gasteiger partial charge in [0.05, 0.1) is 37.5 Å². The highest BCUT2D eigenvalue weighted by Gasteiger charge is 2.24. The molecule has 0 radical (unpaired) electrons. The van der Waals surface area contributed by atoms with Crippen molar-refractivity contribution in [3.05, 3.63) is 107 Å². The highest BCUT2D eigenvalue weighted by atomic mass is 79.9. The molecule has 0 N–H and O–H groups in total. The van der Waals surface area contributed by atoms with Crippen LogP contribution in [-0.4, -0.2) is 73.9 Å². The molecule has 1 aliphatic rings. The zero-order chi connectivity index (χ0) is 31.2. The van der Waals surface area contributed by atoms with Gasteiger partial charge in [0.15, 0.2) is 0 Å². The number of aromatic nitrogens is 3. The summed E-state index contributed by atoms with van der Waals surface area (Å²) in [6, 6.07) is 27.1. The Hall–Kier alpha value is -3.77. The van der Waals surface area contributed by atoms with Gasteiger partial charge < -0.3 is 19.3 Å². The molecule has 234 valence electrons. The quantitative estimate of drug-likeness (QED) is 0.117. The highest BCUT2D eigenvalue weighted by molar-refractivity contribution is 9.10. The molecule has 0 aliphatic carbocycles. The molecule has 0 unspecified atom stereocenters. The number of nitrogens with zero attached hydrogens (tertiary/aromatic N) is 5. The van der Waals surface area contributed by atoms with Crippen molar-refractivity contribution in [1.82, 2.24) is 19.1 Å². The van der Waals surface area contributed by atoms with Gasteiger partial charge in [-0.25, -0.2) is 13.4 Å². The molecule has 11 heteroatoms. The molecule has 5 aromatic rings. The first kappa shape index (κ1) is 31.2. The molecule has 6 rings (SSSR count). The van der Waals surface area contributed by atoms with Crippen LogP contribution >= 0.6 is 15.9 Å². The first-order valence-electron chi connectivity index (χ1n) is 15.0. The number of pyridine rings is 1. The first-order valence-corrected chi connectivity index (χ1v) is 17.4. The number of halogens is 1. The number of anilines is 1. The Labute approximate surface area is 272 Å². The average molecular weight is 691 g/mol. The molecule has 45 heavy (non-hydrogen) atoms. The molecule has 0 atom stereocenters. The number of piperazine rings is 1. The number of ether oxygens (including phenoxy) is 2. The van der Waals surface area contributed by atoms with E-state index in [1.165, 1.54) is 0 Å². The molecule has 1 aliphatic heterocycles. The van der Waals surface area contributed by atoms with Crippen LogP contribution in [0, 0.1) is 0 Å². The van der Waals surface area contributed by atoms with E-state index in [0.29, 0.717) is 46.6 Å². The Kier molecular flexibility index (Phi) is 9.79. The maximum absolute atomic E-state index is 13.6. The van der Waals surface area contributed by atoms with E-state index in [0.717, 1.165) is 59.3 Å². The standard InChI is InChI=1S/C34H36BrN5O4S/c1-38-15-17-39(18-16-38)30-14-13-28(21-32(30)44-20-8-19-43-24-26-9-4-2-5-10-26)34-29-22-33(35)36-23-31(29)40(37-34)45(41,42)25-27-11-6-3-7-12-27/h2-7,9-14,21-23H,8,15-20,24-25H2,1H3. The monoisotopic (exact) mass is 689 g/mol. The maximum atomic E-state index is 13.6. The molecule has 1 fully saturated rings. The third-order valence-corrected chi connectivity index (χ3v) is 9.77. The van der Waals surface area contributed by atoms with Gasteiger partial charge in [-0.2, -0.15) is 9.19 Å². The predicted octanol–water partition coefficient (Wildman–Crippen LogP) is 5.98. The van der Waals surface area contributed by atoms with Crippen molar-refractivity contribution in [3.8, 4) is 17.0 Å². The Bertz CT molecular complexity index is 1840. The van der Waals surface area contributed by atoms with E-state index in [1.54, 1.807) is 18.3 Å². The van der Waals surface area contributed by atoms with E-state index >= 15 is 0 Å². The fourth-order valence-electron chi connectivity index (χ4n) is 5.43. The van der Waals surface area contributed by atoms with Gasteiger partial charge in [0.1, 0.15) is 21.6 Å². The predicted molar refractivity (Wildman–Crippen MR) is 181 cm³/mol. The third kappa shape index (κ3) is 7.55. The lowest BCUT2D eigenvalue weighted by Crippen LogP contribution is -2.44. The van der Waals surface area contributed by atoms with E-state index < -0.39 is 10.0 Å². The maximum Gasteiger partial charge on any atom is 0.258 e. The van der Waals surface area contributed by atoms with Crippen LogP contribution in [0.15, 0.2) is 95.7 Å². The number of likely N-dealkylation sites (N-methyl/N-ethyl adjacent to an activating group) is 1. The van der Waals surface area contributed by atoms with Gasteiger partial charge in [-0.1, -0.05) is 66.7 Å². The van der Waals surface area contributed by atoms with Gasteiger partial charge in [-0.15, -0.1) is 0 Å². The summed E-state index contributed by atoms with van der Waals surface area (Å²) in [5.74, 6) is 0.562. The molecular weight excluding hydrogens is 654 g/mol. The lowest BCUT2D eigenvalue weighted by molar-refractivity contribution is 0.107. The molecule has 0 spiro atoms. The zero-order valence-electron chi connectivity index (χ0n) is 25.2. The van der Waals surface area contributed by atoms with Gasteiger partial charge >= 0.3 is 0 Å². The second-order valence-corrected chi connectivity index (χ2v) is 13.8. The van der Waals surface area contributed by atoms with E-state index in [9.17, 15) is 8.42 Å². The number of hydrogen-bond acceptors (Lipinski definition) is 8. The number of rotatable bonds is 12. The minimum absolute atomic E-state index is 0.177. The topological polar surface area (TPSA) is 89.8 Å². The summed E-state index contributed by atoms with van der Waals surface area (Å²) in [6.45, 7) is 5.33. The molecule has 1 saturated heterocycles. The fraction of sp³-hybridized carbons (Fsp3) is 0.294.